The van der Waals surface area contributed by atoms with Crippen molar-refractivity contribution in [2.75, 3.05) is 12.8 Å². The summed E-state index contributed by atoms with van der Waals surface area (Å²) < 4.78 is 25.2. The van der Waals surface area contributed by atoms with Crippen LogP contribution in [0, 0.1) is 6.92 Å². The van der Waals surface area contributed by atoms with Crippen molar-refractivity contribution in [1.29, 1.82) is 0 Å². The molecule has 25 heavy (non-hydrogen) atoms. The quantitative estimate of drug-likeness (QED) is 0.631. The summed E-state index contributed by atoms with van der Waals surface area (Å²) in [6, 6.07) is 8.22. The molecular formula is C15H22Cl2N4O2S2. The molecule has 4 N–H and O–H groups in total. The van der Waals surface area contributed by atoms with E-state index in [9.17, 15) is 8.42 Å². The Kier molecular flexibility index (Phi) is 10.0. The molecule has 1 aromatic carbocycles. The topological polar surface area (TPSA) is 101 Å². The Labute approximate surface area is 164 Å². The molecule has 1 heterocycles. The number of aromatic nitrogens is 2. The molecule has 1 atom stereocenters. The third kappa shape index (κ3) is 5.57. The normalized spacial score (nSPS) is 12.6. The number of aryl methyl sites for hydroxylation is 1. The average molecular weight is 425 g/mol. The van der Waals surface area contributed by atoms with Crippen molar-refractivity contribution < 1.29 is 8.42 Å². The van der Waals surface area contributed by atoms with Gasteiger partial charge in [-0.05, 0) is 25.3 Å². The first-order valence-corrected chi connectivity index (χ1v) is 9.76. The second-order valence-corrected chi connectivity index (χ2v) is 7.81. The Morgan fingerprint density at radius 3 is 2.48 bits per heavy atom. The minimum Gasteiger partial charge on any atom is -0.402 e. The van der Waals surface area contributed by atoms with Crippen LogP contribution in [-0.4, -0.2) is 31.2 Å². The second kappa shape index (κ2) is 10.6. The highest BCUT2D eigenvalue weighted by Gasteiger charge is 2.22. The number of thioether (sulfide) groups is 1. The molecule has 0 amide bonds. The molecule has 2 rings (SSSR count). The SMILES string of the molecule is CSC(CNC(=CN)S(=O)(=O)c1ccccc1)c1[nH]cnc1C.Cl.Cl. The molecule has 0 aliphatic carbocycles. The lowest BCUT2D eigenvalue weighted by Crippen LogP contribution is -2.26. The van der Waals surface area contributed by atoms with Crippen molar-refractivity contribution in [2.45, 2.75) is 17.1 Å². The number of aromatic amines is 1. The Morgan fingerprint density at radius 2 is 2.00 bits per heavy atom. The minimum absolute atomic E-state index is 0. The molecule has 0 aliphatic heterocycles. The number of halogens is 2. The van der Waals surface area contributed by atoms with Crippen molar-refractivity contribution in [1.82, 2.24) is 15.3 Å². The number of H-pyrrole nitrogens is 1. The summed E-state index contributed by atoms with van der Waals surface area (Å²) in [6.45, 7) is 2.33. The van der Waals surface area contributed by atoms with Crippen molar-refractivity contribution >= 4 is 46.4 Å². The number of nitrogens with zero attached hydrogens (tertiary/aromatic N) is 1. The largest absolute Gasteiger partial charge is 0.402 e. The van der Waals surface area contributed by atoms with Gasteiger partial charge in [-0.25, -0.2) is 13.4 Å². The number of rotatable bonds is 7. The summed E-state index contributed by atoms with van der Waals surface area (Å²) in [5.41, 5.74) is 7.41. The zero-order valence-electron chi connectivity index (χ0n) is 13.8. The van der Waals surface area contributed by atoms with Gasteiger partial charge in [0.1, 0.15) is 5.03 Å². The highest BCUT2D eigenvalue weighted by atomic mass is 35.5. The number of nitrogens with one attached hydrogen (secondary N) is 2. The van der Waals surface area contributed by atoms with Gasteiger partial charge in [0.05, 0.1) is 27.9 Å². The van der Waals surface area contributed by atoms with Gasteiger partial charge in [-0.1, -0.05) is 18.2 Å². The van der Waals surface area contributed by atoms with Crippen molar-refractivity contribution in [3.8, 4) is 0 Å². The van der Waals surface area contributed by atoms with E-state index in [2.05, 4.69) is 15.3 Å². The fraction of sp³-hybridized carbons (Fsp3) is 0.267. The average Bonchev–Trinajstić information content (AvgIpc) is 2.98. The lowest BCUT2D eigenvalue weighted by Gasteiger charge is -2.17. The molecule has 0 saturated carbocycles. The molecule has 0 aliphatic rings. The fourth-order valence-corrected chi connectivity index (χ4v) is 4.11. The monoisotopic (exact) mass is 424 g/mol. The maximum atomic E-state index is 12.6. The third-order valence-electron chi connectivity index (χ3n) is 3.43. The number of imidazole rings is 1. The predicted molar refractivity (Wildman–Crippen MR) is 108 cm³/mol. The molecule has 140 valence electrons. The highest BCUT2D eigenvalue weighted by Crippen LogP contribution is 2.27. The van der Waals surface area contributed by atoms with Crippen LogP contribution >= 0.6 is 36.6 Å². The van der Waals surface area contributed by atoms with E-state index in [1.807, 2.05) is 13.2 Å². The lowest BCUT2D eigenvalue weighted by atomic mass is 10.2. The molecule has 0 fully saturated rings. The number of nitrogens with two attached hydrogens (primary N) is 1. The predicted octanol–water partition coefficient (Wildman–Crippen LogP) is 2.79. The first-order valence-electron chi connectivity index (χ1n) is 6.99. The van der Waals surface area contributed by atoms with Crippen LogP contribution in [0.5, 0.6) is 0 Å². The Hall–Kier alpha value is -1.35. The number of benzene rings is 1. The molecular weight excluding hydrogens is 403 g/mol. The molecule has 1 unspecified atom stereocenters. The van der Waals surface area contributed by atoms with Crippen molar-refractivity contribution in [2.24, 2.45) is 5.73 Å². The standard InChI is InChI=1S/C15H20N4O2S2.2ClH/c1-11-15(19-10-18-11)13(22-2)9-17-14(8-16)23(20,21)12-6-4-3-5-7-12;;/h3-8,10,13,17H,9,16H2,1-2H3,(H,18,19);2*1H. The van der Waals surface area contributed by atoms with E-state index in [-0.39, 0.29) is 40.0 Å². The smallest absolute Gasteiger partial charge is 0.222 e. The van der Waals surface area contributed by atoms with Gasteiger partial charge in [0.2, 0.25) is 9.84 Å². The van der Waals surface area contributed by atoms with Crippen LogP contribution in [-0.2, 0) is 9.84 Å². The number of hydrogen-bond donors (Lipinski definition) is 3. The van der Waals surface area contributed by atoms with Crippen LogP contribution in [0.25, 0.3) is 0 Å². The lowest BCUT2D eigenvalue weighted by molar-refractivity contribution is 0.596. The van der Waals surface area contributed by atoms with Crippen LogP contribution in [0.3, 0.4) is 0 Å². The van der Waals surface area contributed by atoms with Crippen LogP contribution < -0.4 is 11.1 Å². The molecule has 10 heteroatoms. The van der Waals surface area contributed by atoms with Crippen LogP contribution in [0.4, 0.5) is 0 Å². The maximum Gasteiger partial charge on any atom is 0.222 e. The molecule has 1 aromatic heterocycles. The van der Waals surface area contributed by atoms with E-state index in [4.69, 9.17) is 5.73 Å². The summed E-state index contributed by atoms with van der Waals surface area (Å²) in [4.78, 5) is 7.48. The number of hydrogen-bond acceptors (Lipinski definition) is 6. The first kappa shape index (κ1) is 23.6. The van der Waals surface area contributed by atoms with Crippen LogP contribution in [0.15, 0.2) is 52.8 Å². The van der Waals surface area contributed by atoms with Crippen molar-refractivity contribution in [3.63, 3.8) is 0 Å². The van der Waals surface area contributed by atoms with E-state index in [1.54, 1.807) is 48.4 Å². The number of sulfone groups is 1. The van der Waals surface area contributed by atoms with E-state index in [0.29, 0.717) is 6.54 Å². The van der Waals surface area contributed by atoms with Crippen molar-refractivity contribution in [3.05, 3.63) is 59.3 Å². The van der Waals surface area contributed by atoms with Gasteiger partial charge in [0.25, 0.3) is 0 Å². The van der Waals surface area contributed by atoms with E-state index in [1.165, 1.54) is 0 Å². The summed E-state index contributed by atoms with van der Waals surface area (Å²) in [6.07, 6.45) is 4.69. The van der Waals surface area contributed by atoms with Gasteiger partial charge >= 0.3 is 0 Å². The Bertz CT molecular complexity index is 780. The summed E-state index contributed by atoms with van der Waals surface area (Å²) in [5, 5.41) is 2.99. The van der Waals surface area contributed by atoms with Crippen LogP contribution in [0.1, 0.15) is 16.6 Å². The van der Waals surface area contributed by atoms with E-state index >= 15 is 0 Å². The molecule has 2 aromatic rings. The molecule has 0 bridgehead atoms. The van der Waals surface area contributed by atoms with Gasteiger partial charge in [0.15, 0.2) is 0 Å². The third-order valence-corrected chi connectivity index (χ3v) is 6.15. The molecule has 6 nitrogen and oxygen atoms in total. The van der Waals surface area contributed by atoms with Gasteiger partial charge < -0.3 is 16.0 Å². The zero-order chi connectivity index (χ0) is 16.9. The van der Waals surface area contributed by atoms with Gasteiger partial charge in [-0.2, -0.15) is 11.8 Å². The summed E-state index contributed by atoms with van der Waals surface area (Å²) >= 11 is 1.60. The molecule has 0 saturated heterocycles. The first-order chi connectivity index (χ1) is 11.0. The highest BCUT2D eigenvalue weighted by molar-refractivity contribution is 7.98. The van der Waals surface area contributed by atoms with Gasteiger partial charge in [-0.3, -0.25) is 0 Å². The maximum absolute atomic E-state index is 12.6. The van der Waals surface area contributed by atoms with Gasteiger partial charge in [0, 0.05) is 12.7 Å². The Balaban J connectivity index is 0.00000288. The second-order valence-electron chi connectivity index (χ2n) is 4.85. The van der Waals surface area contributed by atoms with E-state index < -0.39 is 9.84 Å². The molecule has 0 radical (unpaired) electrons. The zero-order valence-corrected chi connectivity index (χ0v) is 17.1. The van der Waals surface area contributed by atoms with Gasteiger partial charge in [-0.15, -0.1) is 24.8 Å². The summed E-state index contributed by atoms with van der Waals surface area (Å²) in [5.74, 6) is 0. The van der Waals surface area contributed by atoms with E-state index in [0.717, 1.165) is 17.6 Å². The van der Waals surface area contributed by atoms with Crippen LogP contribution in [0.2, 0.25) is 0 Å². The Morgan fingerprint density at radius 1 is 1.36 bits per heavy atom. The summed E-state index contributed by atoms with van der Waals surface area (Å²) in [7, 11) is -3.64. The minimum atomic E-state index is -3.64. The fourth-order valence-electron chi connectivity index (χ4n) is 2.17. The molecule has 0 spiro atoms.